The van der Waals surface area contributed by atoms with Crippen LogP contribution in [0.3, 0.4) is 0 Å². The largest absolute Gasteiger partial charge is 0.306 e. The molecule has 0 radical (unpaired) electrons. The Morgan fingerprint density at radius 2 is 2.00 bits per heavy atom. The molecule has 1 rings (SSSR count). The summed E-state index contributed by atoms with van der Waals surface area (Å²) >= 11 is 0. The molecule has 0 bridgehead atoms. The zero-order valence-electron chi connectivity index (χ0n) is 8.59. The van der Waals surface area contributed by atoms with E-state index in [0.717, 1.165) is 12.0 Å². The SMILES string of the molecule is C=CC1C(N(C)C)CCC[C@H]1C. The van der Waals surface area contributed by atoms with Gasteiger partial charge < -0.3 is 4.90 Å². The molecular formula is C11H21N. The van der Waals surface area contributed by atoms with Crippen molar-refractivity contribution in [2.45, 2.75) is 32.2 Å². The summed E-state index contributed by atoms with van der Waals surface area (Å²) < 4.78 is 0. The molecule has 1 saturated carbocycles. The molecule has 1 heteroatoms. The molecular weight excluding hydrogens is 146 g/mol. The minimum Gasteiger partial charge on any atom is -0.306 e. The van der Waals surface area contributed by atoms with Crippen LogP contribution in [0.25, 0.3) is 0 Å². The Labute approximate surface area is 76.5 Å². The Hall–Kier alpha value is -0.300. The molecule has 0 heterocycles. The zero-order chi connectivity index (χ0) is 9.14. The average molecular weight is 167 g/mol. The van der Waals surface area contributed by atoms with Crippen LogP contribution in [-0.2, 0) is 0 Å². The van der Waals surface area contributed by atoms with Crippen LogP contribution in [0, 0.1) is 11.8 Å². The Bertz CT molecular complexity index is 151. The smallest absolute Gasteiger partial charge is 0.0154 e. The van der Waals surface area contributed by atoms with E-state index in [1.54, 1.807) is 0 Å². The highest BCUT2D eigenvalue weighted by Crippen LogP contribution is 2.32. The molecule has 0 aromatic heterocycles. The number of hydrogen-bond donors (Lipinski definition) is 0. The van der Waals surface area contributed by atoms with Gasteiger partial charge in [0.2, 0.25) is 0 Å². The van der Waals surface area contributed by atoms with Crippen LogP contribution in [0.15, 0.2) is 12.7 Å². The van der Waals surface area contributed by atoms with Gasteiger partial charge in [0.05, 0.1) is 0 Å². The third-order valence-electron chi connectivity index (χ3n) is 3.20. The fourth-order valence-electron chi connectivity index (χ4n) is 2.40. The molecule has 1 fully saturated rings. The van der Waals surface area contributed by atoms with Crippen LogP contribution in [0.4, 0.5) is 0 Å². The Morgan fingerprint density at radius 1 is 1.33 bits per heavy atom. The van der Waals surface area contributed by atoms with E-state index in [1.807, 2.05) is 0 Å². The van der Waals surface area contributed by atoms with Gasteiger partial charge in [-0.05, 0) is 32.4 Å². The molecule has 0 spiro atoms. The van der Waals surface area contributed by atoms with Crippen molar-refractivity contribution in [3.8, 4) is 0 Å². The summed E-state index contributed by atoms with van der Waals surface area (Å²) in [6.07, 6.45) is 6.25. The minimum absolute atomic E-state index is 0.703. The lowest BCUT2D eigenvalue weighted by Gasteiger charge is -2.38. The van der Waals surface area contributed by atoms with E-state index in [0.29, 0.717) is 5.92 Å². The van der Waals surface area contributed by atoms with Gasteiger partial charge in [0.15, 0.2) is 0 Å². The van der Waals surface area contributed by atoms with Crippen molar-refractivity contribution >= 4 is 0 Å². The Balaban J connectivity index is 2.63. The van der Waals surface area contributed by atoms with Crippen LogP contribution < -0.4 is 0 Å². The van der Waals surface area contributed by atoms with E-state index >= 15 is 0 Å². The van der Waals surface area contributed by atoms with Crippen molar-refractivity contribution in [2.24, 2.45) is 11.8 Å². The molecule has 70 valence electrons. The van der Waals surface area contributed by atoms with Crippen molar-refractivity contribution in [1.82, 2.24) is 4.90 Å². The second-order valence-corrected chi connectivity index (χ2v) is 4.25. The minimum atomic E-state index is 0.703. The monoisotopic (exact) mass is 167 g/mol. The van der Waals surface area contributed by atoms with Gasteiger partial charge in [-0.3, -0.25) is 0 Å². The van der Waals surface area contributed by atoms with E-state index in [9.17, 15) is 0 Å². The van der Waals surface area contributed by atoms with Gasteiger partial charge in [-0.25, -0.2) is 0 Å². The first-order valence-corrected chi connectivity index (χ1v) is 4.95. The summed E-state index contributed by atoms with van der Waals surface area (Å²) in [6.45, 7) is 6.29. The molecule has 2 unspecified atom stereocenters. The average Bonchev–Trinajstić information content (AvgIpc) is 2.03. The topological polar surface area (TPSA) is 3.24 Å². The lowest BCUT2D eigenvalue weighted by atomic mass is 9.76. The van der Waals surface area contributed by atoms with Crippen LogP contribution in [-0.4, -0.2) is 25.0 Å². The quantitative estimate of drug-likeness (QED) is 0.571. The highest BCUT2D eigenvalue weighted by atomic mass is 15.1. The molecule has 1 nitrogen and oxygen atoms in total. The Morgan fingerprint density at radius 3 is 2.42 bits per heavy atom. The van der Waals surface area contributed by atoms with E-state index in [-0.39, 0.29) is 0 Å². The predicted molar refractivity (Wildman–Crippen MR) is 54.2 cm³/mol. The molecule has 0 N–H and O–H groups in total. The van der Waals surface area contributed by atoms with Gasteiger partial charge in [0.25, 0.3) is 0 Å². The first-order chi connectivity index (χ1) is 5.66. The van der Waals surface area contributed by atoms with Crippen LogP contribution in [0.1, 0.15) is 26.2 Å². The zero-order valence-corrected chi connectivity index (χ0v) is 8.59. The van der Waals surface area contributed by atoms with E-state index in [2.05, 4.69) is 38.6 Å². The summed E-state index contributed by atoms with van der Waals surface area (Å²) in [5.41, 5.74) is 0. The standard InChI is InChI=1S/C11H21N/c1-5-10-9(2)7-6-8-11(10)12(3)4/h5,9-11H,1,6-8H2,2-4H3/t9-,10?,11?/m1/s1. The molecule has 1 aliphatic carbocycles. The summed E-state index contributed by atoms with van der Waals surface area (Å²) in [7, 11) is 4.36. The van der Waals surface area contributed by atoms with Crippen LogP contribution in [0.5, 0.6) is 0 Å². The summed E-state index contributed by atoms with van der Waals surface area (Å²) in [5.74, 6) is 1.53. The number of nitrogens with zero attached hydrogens (tertiary/aromatic N) is 1. The van der Waals surface area contributed by atoms with Crippen LogP contribution in [0.2, 0.25) is 0 Å². The Kier molecular flexibility index (Phi) is 3.33. The first-order valence-electron chi connectivity index (χ1n) is 4.95. The maximum absolute atomic E-state index is 3.94. The second-order valence-electron chi connectivity index (χ2n) is 4.25. The first kappa shape index (κ1) is 9.79. The van der Waals surface area contributed by atoms with Crippen molar-refractivity contribution < 1.29 is 0 Å². The van der Waals surface area contributed by atoms with Gasteiger partial charge in [-0.2, -0.15) is 0 Å². The second kappa shape index (κ2) is 4.08. The summed E-state index contributed by atoms with van der Waals surface area (Å²) in [5, 5.41) is 0. The molecule has 0 amide bonds. The van der Waals surface area contributed by atoms with Crippen LogP contribution >= 0.6 is 0 Å². The molecule has 12 heavy (non-hydrogen) atoms. The van der Waals surface area contributed by atoms with Crippen molar-refractivity contribution in [1.29, 1.82) is 0 Å². The molecule has 0 aromatic rings. The van der Waals surface area contributed by atoms with Crippen molar-refractivity contribution in [2.75, 3.05) is 14.1 Å². The fourth-order valence-corrected chi connectivity index (χ4v) is 2.40. The van der Waals surface area contributed by atoms with Gasteiger partial charge in [0, 0.05) is 6.04 Å². The number of rotatable bonds is 2. The maximum Gasteiger partial charge on any atom is 0.0154 e. The molecule has 3 atom stereocenters. The van der Waals surface area contributed by atoms with E-state index < -0.39 is 0 Å². The van der Waals surface area contributed by atoms with Crippen molar-refractivity contribution in [3.63, 3.8) is 0 Å². The fraction of sp³-hybridized carbons (Fsp3) is 0.818. The lowest BCUT2D eigenvalue weighted by Crippen LogP contribution is -2.40. The summed E-state index contributed by atoms with van der Waals surface area (Å²) in [4.78, 5) is 2.35. The lowest BCUT2D eigenvalue weighted by molar-refractivity contribution is 0.142. The third kappa shape index (κ3) is 1.89. The van der Waals surface area contributed by atoms with Gasteiger partial charge >= 0.3 is 0 Å². The molecule has 1 aliphatic rings. The number of hydrogen-bond acceptors (Lipinski definition) is 1. The van der Waals surface area contributed by atoms with E-state index in [1.165, 1.54) is 19.3 Å². The van der Waals surface area contributed by atoms with Gasteiger partial charge in [-0.15, -0.1) is 6.58 Å². The summed E-state index contributed by atoms with van der Waals surface area (Å²) in [6, 6.07) is 0.728. The highest BCUT2D eigenvalue weighted by Gasteiger charge is 2.29. The highest BCUT2D eigenvalue weighted by molar-refractivity contribution is 4.94. The third-order valence-corrected chi connectivity index (χ3v) is 3.20. The molecule has 0 aromatic carbocycles. The maximum atomic E-state index is 3.94. The van der Waals surface area contributed by atoms with Crippen molar-refractivity contribution in [3.05, 3.63) is 12.7 Å². The predicted octanol–water partition coefficient (Wildman–Crippen LogP) is 2.54. The van der Waals surface area contributed by atoms with E-state index in [4.69, 9.17) is 0 Å². The molecule has 0 saturated heterocycles. The normalized spacial score (nSPS) is 36.8. The van der Waals surface area contributed by atoms with Gasteiger partial charge in [-0.1, -0.05) is 25.8 Å². The molecule has 0 aliphatic heterocycles. The van der Waals surface area contributed by atoms with Gasteiger partial charge in [0.1, 0.15) is 0 Å².